The minimum Gasteiger partial charge on any atom is -0.368 e. The zero-order chi connectivity index (χ0) is 15.2. The van der Waals surface area contributed by atoms with Crippen LogP contribution in [0.3, 0.4) is 0 Å². The van der Waals surface area contributed by atoms with E-state index in [4.69, 9.17) is 17.3 Å². The molecule has 0 saturated heterocycles. The third-order valence-corrected chi connectivity index (χ3v) is 3.91. The summed E-state index contributed by atoms with van der Waals surface area (Å²) >= 11 is 6.14. The van der Waals surface area contributed by atoms with E-state index in [1.807, 2.05) is 23.1 Å². The Morgan fingerprint density at radius 2 is 2.24 bits per heavy atom. The van der Waals surface area contributed by atoms with Crippen LogP contribution >= 0.6 is 11.6 Å². The first kappa shape index (κ1) is 16.1. The molecule has 0 heterocycles. The Kier molecular flexibility index (Phi) is 5.88. The standard InChI is InChI=1S/C16H24ClN3O/c1-2-3-8-20(11-16(18)21)15-9-13(17)5-4-12(15)10-19-14-6-7-14/h4-5,9,14,19H,2-3,6-8,10-11H2,1H3,(H2,18,21). The van der Waals surface area contributed by atoms with Crippen LogP contribution in [-0.4, -0.2) is 25.0 Å². The lowest BCUT2D eigenvalue weighted by Gasteiger charge is -2.26. The minimum atomic E-state index is -0.313. The largest absolute Gasteiger partial charge is 0.368 e. The van der Waals surface area contributed by atoms with Gasteiger partial charge in [-0.15, -0.1) is 0 Å². The molecule has 1 amide bonds. The van der Waals surface area contributed by atoms with E-state index < -0.39 is 0 Å². The van der Waals surface area contributed by atoms with Crippen LogP contribution in [-0.2, 0) is 11.3 Å². The lowest BCUT2D eigenvalue weighted by atomic mass is 10.1. The van der Waals surface area contributed by atoms with Gasteiger partial charge in [0.1, 0.15) is 0 Å². The lowest BCUT2D eigenvalue weighted by Crippen LogP contribution is -2.35. The number of rotatable bonds is 9. The molecule has 5 heteroatoms. The number of anilines is 1. The fourth-order valence-electron chi connectivity index (χ4n) is 2.34. The van der Waals surface area contributed by atoms with E-state index in [-0.39, 0.29) is 12.5 Å². The van der Waals surface area contributed by atoms with Crippen LogP contribution in [0.4, 0.5) is 5.69 Å². The van der Waals surface area contributed by atoms with Crippen molar-refractivity contribution in [1.29, 1.82) is 0 Å². The summed E-state index contributed by atoms with van der Waals surface area (Å²) in [6, 6.07) is 6.52. The molecule has 1 saturated carbocycles. The average Bonchev–Trinajstić information content (AvgIpc) is 3.26. The highest BCUT2D eigenvalue weighted by molar-refractivity contribution is 6.30. The van der Waals surface area contributed by atoms with Crippen molar-refractivity contribution in [3.05, 3.63) is 28.8 Å². The number of halogens is 1. The van der Waals surface area contributed by atoms with Gasteiger partial charge in [-0.1, -0.05) is 31.0 Å². The van der Waals surface area contributed by atoms with E-state index in [1.165, 1.54) is 18.4 Å². The fraction of sp³-hybridized carbons (Fsp3) is 0.562. The Morgan fingerprint density at radius 3 is 2.86 bits per heavy atom. The number of carbonyl (C=O) groups excluding carboxylic acids is 1. The number of hydrogen-bond acceptors (Lipinski definition) is 3. The van der Waals surface area contributed by atoms with Gasteiger partial charge in [0, 0.05) is 29.8 Å². The lowest BCUT2D eigenvalue weighted by molar-refractivity contribution is -0.116. The van der Waals surface area contributed by atoms with Crippen LogP contribution in [0.5, 0.6) is 0 Å². The smallest absolute Gasteiger partial charge is 0.236 e. The maximum atomic E-state index is 11.4. The molecule has 0 atom stereocenters. The molecule has 1 aliphatic rings. The monoisotopic (exact) mass is 309 g/mol. The van der Waals surface area contributed by atoms with Crippen molar-refractivity contribution in [2.45, 2.75) is 45.2 Å². The first-order chi connectivity index (χ1) is 10.1. The molecule has 0 aromatic heterocycles. The van der Waals surface area contributed by atoms with Crippen molar-refractivity contribution in [3.63, 3.8) is 0 Å². The van der Waals surface area contributed by atoms with Crippen LogP contribution < -0.4 is 16.0 Å². The van der Waals surface area contributed by atoms with Crippen LogP contribution in [0.25, 0.3) is 0 Å². The molecule has 3 N–H and O–H groups in total. The highest BCUT2D eigenvalue weighted by atomic mass is 35.5. The number of primary amides is 1. The topological polar surface area (TPSA) is 58.4 Å². The Labute approximate surface area is 131 Å². The van der Waals surface area contributed by atoms with Crippen LogP contribution in [0.1, 0.15) is 38.2 Å². The zero-order valence-corrected chi connectivity index (χ0v) is 13.3. The average molecular weight is 310 g/mol. The number of nitrogens with two attached hydrogens (primary N) is 1. The van der Waals surface area contributed by atoms with Gasteiger partial charge in [0.2, 0.25) is 5.91 Å². The van der Waals surface area contributed by atoms with Crippen molar-refractivity contribution in [1.82, 2.24) is 5.32 Å². The second-order valence-electron chi connectivity index (χ2n) is 5.67. The predicted molar refractivity (Wildman–Crippen MR) is 87.6 cm³/mol. The SMILES string of the molecule is CCCCN(CC(N)=O)c1cc(Cl)ccc1CNC1CC1. The number of carbonyl (C=O) groups is 1. The van der Waals surface area contributed by atoms with Gasteiger partial charge >= 0.3 is 0 Å². The molecule has 0 bridgehead atoms. The third-order valence-electron chi connectivity index (χ3n) is 3.67. The highest BCUT2D eigenvalue weighted by Crippen LogP contribution is 2.27. The summed E-state index contributed by atoms with van der Waals surface area (Å²) in [7, 11) is 0. The van der Waals surface area contributed by atoms with Gasteiger partial charge in [-0.05, 0) is 37.0 Å². The Hall–Kier alpha value is -1.26. The van der Waals surface area contributed by atoms with Crippen molar-refractivity contribution in [3.8, 4) is 0 Å². The number of nitrogens with zero attached hydrogens (tertiary/aromatic N) is 1. The number of unbranched alkanes of at least 4 members (excludes halogenated alkanes) is 1. The molecule has 1 aromatic rings. The van der Waals surface area contributed by atoms with E-state index in [2.05, 4.69) is 12.2 Å². The highest BCUT2D eigenvalue weighted by Gasteiger charge is 2.21. The number of benzene rings is 1. The second kappa shape index (κ2) is 7.66. The van der Waals surface area contributed by atoms with Gasteiger partial charge in [-0.2, -0.15) is 0 Å². The molecule has 1 aliphatic carbocycles. The quantitative estimate of drug-likeness (QED) is 0.737. The van der Waals surface area contributed by atoms with Gasteiger partial charge in [-0.25, -0.2) is 0 Å². The van der Waals surface area contributed by atoms with E-state index in [1.54, 1.807) is 0 Å². The maximum Gasteiger partial charge on any atom is 0.236 e. The molecular formula is C16H24ClN3O. The summed E-state index contributed by atoms with van der Waals surface area (Å²) < 4.78 is 0. The second-order valence-corrected chi connectivity index (χ2v) is 6.11. The first-order valence-electron chi connectivity index (χ1n) is 7.65. The van der Waals surface area contributed by atoms with Gasteiger partial charge < -0.3 is 16.0 Å². The molecule has 0 spiro atoms. The van der Waals surface area contributed by atoms with E-state index >= 15 is 0 Å². The third kappa shape index (κ3) is 5.21. The minimum absolute atomic E-state index is 0.233. The summed E-state index contributed by atoms with van der Waals surface area (Å²) in [6.45, 7) is 3.99. The van der Waals surface area contributed by atoms with Gasteiger partial charge in [0.25, 0.3) is 0 Å². The fourth-order valence-corrected chi connectivity index (χ4v) is 2.51. The van der Waals surface area contributed by atoms with Crippen molar-refractivity contribution < 1.29 is 4.79 Å². The zero-order valence-electron chi connectivity index (χ0n) is 12.6. The Bertz CT molecular complexity index is 488. The van der Waals surface area contributed by atoms with Crippen LogP contribution in [0, 0.1) is 0 Å². The van der Waals surface area contributed by atoms with Crippen molar-refractivity contribution >= 4 is 23.2 Å². The molecule has 4 nitrogen and oxygen atoms in total. The van der Waals surface area contributed by atoms with Crippen LogP contribution in [0.2, 0.25) is 5.02 Å². The van der Waals surface area contributed by atoms with Crippen molar-refractivity contribution in [2.75, 3.05) is 18.0 Å². The number of nitrogens with one attached hydrogen (secondary N) is 1. The van der Waals surface area contributed by atoms with Crippen molar-refractivity contribution in [2.24, 2.45) is 5.73 Å². The Morgan fingerprint density at radius 1 is 1.48 bits per heavy atom. The van der Waals surface area contributed by atoms with Gasteiger partial charge in [0.15, 0.2) is 0 Å². The summed E-state index contributed by atoms with van der Waals surface area (Å²) in [5.74, 6) is -0.313. The first-order valence-corrected chi connectivity index (χ1v) is 8.03. The van der Waals surface area contributed by atoms with E-state index in [9.17, 15) is 4.79 Å². The molecule has 0 aliphatic heterocycles. The molecule has 1 fully saturated rings. The maximum absolute atomic E-state index is 11.4. The molecular weight excluding hydrogens is 286 g/mol. The van der Waals surface area contributed by atoms with Gasteiger partial charge in [-0.3, -0.25) is 4.79 Å². The molecule has 116 valence electrons. The summed E-state index contributed by atoms with van der Waals surface area (Å²) in [4.78, 5) is 13.4. The summed E-state index contributed by atoms with van der Waals surface area (Å²) in [5.41, 5.74) is 7.58. The van der Waals surface area contributed by atoms with E-state index in [0.717, 1.165) is 31.6 Å². The van der Waals surface area contributed by atoms with Crippen LogP contribution in [0.15, 0.2) is 18.2 Å². The molecule has 0 radical (unpaired) electrons. The normalized spacial score (nSPS) is 14.2. The summed E-state index contributed by atoms with van der Waals surface area (Å²) in [5, 5.41) is 4.20. The molecule has 0 unspecified atom stereocenters. The molecule has 1 aromatic carbocycles. The van der Waals surface area contributed by atoms with Gasteiger partial charge in [0.05, 0.1) is 6.54 Å². The van der Waals surface area contributed by atoms with E-state index in [0.29, 0.717) is 11.1 Å². The summed E-state index contributed by atoms with van der Waals surface area (Å²) in [6.07, 6.45) is 4.61. The number of hydrogen-bond donors (Lipinski definition) is 2. The Balaban J connectivity index is 2.17. The molecule has 2 rings (SSSR count). The molecule has 21 heavy (non-hydrogen) atoms. The number of amides is 1. The predicted octanol–water partition coefficient (Wildman–Crippen LogP) is 2.68.